The number of pyridine rings is 1. The smallest absolute Gasteiger partial charge is 0.270 e. The molecule has 2 aliphatic heterocycles. The van der Waals surface area contributed by atoms with Crippen LogP contribution in [0.4, 0.5) is 11.4 Å². The number of carbonyl (C=O) groups is 1. The van der Waals surface area contributed by atoms with Crippen LogP contribution in [0.25, 0.3) is 11.1 Å². The first-order valence-corrected chi connectivity index (χ1v) is 10.8. The summed E-state index contributed by atoms with van der Waals surface area (Å²) < 4.78 is 19.3. The number of hydrogen-bond acceptors (Lipinski definition) is 6. The van der Waals surface area contributed by atoms with Crippen molar-refractivity contribution in [3.63, 3.8) is 0 Å². The van der Waals surface area contributed by atoms with Crippen LogP contribution in [0.15, 0.2) is 54.9 Å². The first-order chi connectivity index (χ1) is 15.8. The monoisotopic (exact) mass is 434 g/mol. The number of amides is 1. The fourth-order valence-electron chi connectivity index (χ4n) is 4.20. The molecule has 8 heteroatoms. The second-order valence-electron chi connectivity index (χ2n) is 7.76. The van der Waals surface area contributed by atoms with Gasteiger partial charge in [-0.25, -0.2) is 0 Å². The molecule has 1 fully saturated rings. The van der Waals surface area contributed by atoms with Crippen LogP contribution in [0.2, 0.25) is 0 Å². The predicted octanol–water partition coefficient (Wildman–Crippen LogP) is 2.97. The number of para-hydroxylation sites is 1. The van der Waals surface area contributed by atoms with Gasteiger partial charge < -0.3 is 29.4 Å². The Morgan fingerprint density at radius 2 is 2.00 bits per heavy atom. The van der Waals surface area contributed by atoms with E-state index in [1.165, 1.54) is 0 Å². The average molecular weight is 434 g/mol. The Bertz CT molecular complexity index is 1060. The second kappa shape index (κ2) is 9.52. The van der Waals surface area contributed by atoms with Gasteiger partial charge in [0.2, 0.25) is 0 Å². The number of carbonyl (C=O) groups excluding carboxylic acids is 1. The van der Waals surface area contributed by atoms with Gasteiger partial charge in [-0.1, -0.05) is 18.2 Å². The number of nitrogens with zero attached hydrogens (tertiary/aromatic N) is 2. The normalized spacial score (nSPS) is 18.1. The van der Waals surface area contributed by atoms with Gasteiger partial charge in [-0.15, -0.1) is 0 Å². The molecule has 0 aliphatic carbocycles. The lowest BCUT2D eigenvalue weighted by molar-refractivity contribution is -0.117. The third-order valence-electron chi connectivity index (χ3n) is 5.65. The molecule has 0 unspecified atom stereocenters. The van der Waals surface area contributed by atoms with Crippen LogP contribution in [0.5, 0.6) is 0 Å². The Kier molecular flexibility index (Phi) is 6.15. The van der Waals surface area contributed by atoms with Gasteiger partial charge in [-0.3, -0.25) is 9.78 Å². The zero-order chi connectivity index (χ0) is 21.8. The van der Waals surface area contributed by atoms with E-state index in [4.69, 9.17) is 14.2 Å². The highest BCUT2D eigenvalue weighted by molar-refractivity contribution is 6.04. The summed E-state index contributed by atoms with van der Waals surface area (Å²) in [6.07, 6.45) is 3.45. The summed E-state index contributed by atoms with van der Waals surface area (Å²) in [6.45, 7) is 3.79. The van der Waals surface area contributed by atoms with E-state index < -0.39 is 0 Å². The molecule has 4 heterocycles. The molecular weight excluding hydrogens is 408 g/mol. The molecule has 1 amide bonds. The Balaban J connectivity index is 1.54. The molecule has 1 aromatic carbocycles. The summed E-state index contributed by atoms with van der Waals surface area (Å²) in [5.74, 6) is -0.0970. The van der Waals surface area contributed by atoms with Crippen LogP contribution in [0, 0.1) is 0 Å². The molecule has 5 rings (SSSR count). The maximum Gasteiger partial charge on any atom is 0.270 e. The first kappa shape index (κ1) is 20.7. The van der Waals surface area contributed by atoms with Crippen LogP contribution in [-0.2, 0) is 27.4 Å². The van der Waals surface area contributed by atoms with Crippen molar-refractivity contribution in [2.24, 2.45) is 0 Å². The summed E-state index contributed by atoms with van der Waals surface area (Å²) in [5, 5.41) is 6.46. The van der Waals surface area contributed by atoms with Gasteiger partial charge in [0, 0.05) is 36.7 Å². The van der Waals surface area contributed by atoms with Crippen LogP contribution in [-0.4, -0.2) is 54.5 Å². The third kappa shape index (κ3) is 4.25. The van der Waals surface area contributed by atoms with Crippen molar-refractivity contribution in [2.75, 3.05) is 38.3 Å². The van der Waals surface area contributed by atoms with Gasteiger partial charge >= 0.3 is 0 Å². The minimum atomic E-state index is -0.0970. The molecule has 0 spiro atoms. The fraction of sp³-hybridized carbons (Fsp3) is 0.333. The average Bonchev–Trinajstić information content (AvgIpc) is 3.15. The lowest BCUT2D eigenvalue weighted by atomic mass is 10.0. The number of ether oxygens (including phenoxy) is 3. The maximum atomic E-state index is 13.0. The second-order valence-corrected chi connectivity index (χ2v) is 7.76. The van der Waals surface area contributed by atoms with E-state index in [2.05, 4.69) is 20.2 Å². The van der Waals surface area contributed by atoms with Crippen molar-refractivity contribution in [2.45, 2.75) is 19.3 Å². The van der Waals surface area contributed by atoms with E-state index >= 15 is 0 Å². The van der Waals surface area contributed by atoms with Gasteiger partial charge in [0.05, 0.1) is 44.4 Å². The van der Waals surface area contributed by atoms with Crippen LogP contribution in [0.1, 0.15) is 16.2 Å². The number of hydrogen-bond donors (Lipinski definition) is 2. The number of nitrogens with one attached hydrogen (secondary N) is 2. The topological polar surface area (TPSA) is 86.6 Å². The predicted molar refractivity (Wildman–Crippen MR) is 120 cm³/mol. The van der Waals surface area contributed by atoms with Gasteiger partial charge in [0.25, 0.3) is 5.91 Å². The minimum absolute atomic E-state index is 0.0749. The molecule has 2 N–H and O–H groups in total. The van der Waals surface area contributed by atoms with Gasteiger partial charge in [0.15, 0.2) is 0 Å². The summed E-state index contributed by atoms with van der Waals surface area (Å²) in [4.78, 5) is 17.1. The van der Waals surface area contributed by atoms with Gasteiger partial charge in [-0.2, -0.15) is 0 Å². The van der Waals surface area contributed by atoms with E-state index in [9.17, 15) is 4.79 Å². The highest BCUT2D eigenvalue weighted by Gasteiger charge is 2.30. The van der Waals surface area contributed by atoms with E-state index in [0.717, 1.165) is 28.2 Å². The molecule has 1 atom stereocenters. The largest absolute Gasteiger partial charge is 0.376 e. The number of aromatic nitrogens is 2. The maximum absolute atomic E-state index is 13.0. The Morgan fingerprint density at radius 3 is 2.78 bits per heavy atom. The molecule has 0 saturated carbocycles. The Labute approximate surface area is 186 Å². The number of anilines is 2. The van der Waals surface area contributed by atoms with E-state index in [1.807, 2.05) is 42.5 Å². The third-order valence-corrected chi connectivity index (χ3v) is 5.65. The molecule has 2 aromatic heterocycles. The zero-order valence-electron chi connectivity index (χ0n) is 17.8. The molecular formula is C24H26N4O4. The molecule has 3 aromatic rings. The lowest BCUT2D eigenvalue weighted by Gasteiger charge is -2.23. The van der Waals surface area contributed by atoms with E-state index in [1.54, 1.807) is 12.4 Å². The Morgan fingerprint density at radius 1 is 1.16 bits per heavy atom. The number of rotatable bonds is 7. The summed E-state index contributed by atoms with van der Waals surface area (Å²) >= 11 is 0. The molecule has 166 valence electrons. The van der Waals surface area contributed by atoms with E-state index in [0.29, 0.717) is 51.8 Å². The molecule has 0 bridgehead atoms. The zero-order valence-corrected chi connectivity index (χ0v) is 17.8. The molecule has 8 nitrogen and oxygen atoms in total. The van der Waals surface area contributed by atoms with E-state index in [-0.39, 0.29) is 12.0 Å². The van der Waals surface area contributed by atoms with Gasteiger partial charge in [0.1, 0.15) is 11.8 Å². The van der Waals surface area contributed by atoms with Crippen molar-refractivity contribution in [3.8, 4) is 11.1 Å². The van der Waals surface area contributed by atoms with Crippen molar-refractivity contribution < 1.29 is 19.0 Å². The van der Waals surface area contributed by atoms with Crippen molar-refractivity contribution >= 4 is 17.3 Å². The van der Waals surface area contributed by atoms with Crippen LogP contribution < -0.4 is 10.6 Å². The number of fused-ring (bicyclic) bond motifs is 1. The summed E-state index contributed by atoms with van der Waals surface area (Å²) in [6, 6.07) is 13.8. The van der Waals surface area contributed by atoms with Crippen LogP contribution >= 0.6 is 0 Å². The lowest BCUT2D eigenvalue weighted by Crippen LogP contribution is -2.36. The standard InChI is InChI=1S/C24H26N4O4/c29-24-23-22(27-18-4-2-1-3-5-18)21(17-6-8-25-9-7-17)20(28(23)11-10-26-24)16-31-15-19-14-30-12-13-32-19/h1-9,19,27H,10-16H2,(H,26,29)/t19-/m0/s1. The number of benzene rings is 1. The van der Waals surface area contributed by atoms with Crippen molar-refractivity contribution in [1.29, 1.82) is 0 Å². The highest BCUT2D eigenvalue weighted by atomic mass is 16.6. The Hall–Kier alpha value is -3.20. The van der Waals surface area contributed by atoms with Crippen molar-refractivity contribution in [1.82, 2.24) is 14.9 Å². The molecule has 2 aliphatic rings. The quantitative estimate of drug-likeness (QED) is 0.595. The van der Waals surface area contributed by atoms with Gasteiger partial charge in [-0.05, 0) is 29.8 Å². The van der Waals surface area contributed by atoms with Crippen LogP contribution in [0.3, 0.4) is 0 Å². The molecule has 32 heavy (non-hydrogen) atoms. The SMILES string of the molecule is O=C1NCCn2c(COC[C@@H]3COCCO3)c(-c3ccncc3)c(Nc3ccccc3)c21. The molecule has 0 radical (unpaired) electrons. The summed E-state index contributed by atoms with van der Waals surface area (Å²) in [5.41, 5.74) is 5.18. The summed E-state index contributed by atoms with van der Waals surface area (Å²) in [7, 11) is 0. The van der Waals surface area contributed by atoms with Crippen molar-refractivity contribution in [3.05, 3.63) is 66.2 Å². The fourth-order valence-corrected chi connectivity index (χ4v) is 4.20. The highest BCUT2D eigenvalue weighted by Crippen LogP contribution is 2.40. The minimum Gasteiger partial charge on any atom is -0.376 e. The first-order valence-electron chi connectivity index (χ1n) is 10.8. The molecule has 1 saturated heterocycles.